The molecule has 0 heterocycles. The van der Waals surface area contributed by atoms with Crippen LogP contribution in [0.4, 0.5) is 5.69 Å². The molecule has 76 valence electrons. The second-order valence-electron chi connectivity index (χ2n) is 3.67. The maximum Gasteiger partial charge on any atom is 0.161 e. The van der Waals surface area contributed by atoms with Gasteiger partial charge in [0.25, 0.3) is 0 Å². The highest BCUT2D eigenvalue weighted by molar-refractivity contribution is 5.99. The number of anilines is 1. The van der Waals surface area contributed by atoms with Crippen molar-refractivity contribution in [3.05, 3.63) is 28.8 Å². The van der Waals surface area contributed by atoms with Gasteiger partial charge in [-0.1, -0.05) is 13.3 Å². The summed E-state index contributed by atoms with van der Waals surface area (Å²) in [6.45, 7) is 5.70. The fourth-order valence-electron chi connectivity index (χ4n) is 1.62. The SMILES string of the molecule is CCCc1cc(N)c(C(C)=O)cc1C. The van der Waals surface area contributed by atoms with Crippen LogP contribution in [0.15, 0.2) is 12.1 Å². The van der Waals surface area contributed by atoms with E-state index in [1.54, 1.807) is 6.92 Å². The molecule has 1 rings (SSSR count). The number of ketones is 1. The van der Waals surface area contributed by atoms with Gasteiger partial charge in [-0.2, -0.15) is 0 Å². The highest BCUT2D eigenvalue weighted by Crippen LogP contribution is 2.20. The Bertz CT molecular complexity index is 356. The van der Waals surface area contributed by atoms with Crippen LogP contribution in [0, 0.1) is 6.92 Å². The number of nitrogens with two attached hydrogens (primary N) is 1. The van der Waals surface area contributed by atoms with Crippen LogP contribution in [-0.2, 0) is 6.42 Å². The van der Waals surface area contributed by atoms with Gasteiger partial charge in [-0.05, 0) is 43.5 Å². The molecule has 0 radical (unpaired) electrons. The van der Waals surface area contributed by atoms with Crippen molar-refractivity contribution in [1.82, 2.24) is 0 Å². The van der Waals surface area contributed by atoms with E-state index >= 15 is 0 Å². The van der Waals surface area contributed by atoms with Crippen LogP contribution in [0.25, 0.3) is 0 Å². The van der Waals surface area contributed by atoms with Gasteiger partial charge in [-0.15, -0.1) is 0 Å². The highest BCUT2D eigenvalue weighted by atomic mass is 16.1. The van der Waals surface area contributed by atoms with Crippen LogP contribution < -0.4 is 5.73 Å². The molecule has 0 aliphatic carbocycles. The molecular weight excluding hydrogens is 174 g/mol. The highest BCUT2D eigenvalue weighted by Gasteiger charge is 2.07. The number of hydrogen-bond acceptors (Lipinski definition) is 2. The van der Waals surface area contributed by atoms with Gasteiger partial charge < -0.3 is 5.73 Å². The number of benzene rings is 1. The molecule has 0 saturated carbocycles. The van der Waals surface area contributed by atoms with Crippen LogP contribution in [-0.4, -0.2) is 5.78 Å². The average molecular weight is 191 g/mol. The molecular formula is C12H17NO. The Morgan fingerprint density at radius 2 is 2.07 bits per heavy atom. The zero-order valence-electron chi connectivity index (χ0n) is 9.05. The monoisotopic (exact) mass is 191 g/mol. The van der Waals surface area contributed by atoms with Crippen LogP contribution >= 0.6 is 0 Å². The van der Waals surface area contributed by atoms with E-state index in [1.165, 1.54) is 5.56 Å². The summed E-state index contributed by atoms with van der Waals surface area (Å²) in [5, 5.41) is 0. The maximum absolute atomic E-state index is 11.2. The van der Waals surface area contributed by atoms with E-state index in [4.69, 9.17) is 5.73 Å². The molecule has 0 amide bonds. The van der Waals surface area contributed by atoms with Crippen LogP contribution in [0.1, 0.15) is 41.8 Å². The zero-order chi connectivity index (χ0) is 10.7. The van der Waals surface area contributed by atoms with Crippen molar-refractivity contribution in [2.45, 2.75) is 33.6 Å². The second-order valence-corrected chi connectivity index (χ2v) is 3.67. The van der Waals surface area contributed by atoms with Crippen molar-refractivity contribution in [2.24, 2.45) is 0 Å². The Labute approximate surface area is 85.1 Å². The molecule has 2 N–H and O–H groups in total. The molecule has 0 bridgehead atoms. The first-order chi connectivity index (χ1) is 6.56. The number of hydrogen-bond donors (Lipinski definition) is 1. The first-order valence-electron chi connectivity index (χ1n) is 4.96. The number of carbonyl (C=O) groups is 1. The van der Waals surface area contributed by atoms with E-state index in [1.807, 2.05) is 19.1 Å². The summed E-state index contributed by atoms with van der Waals surface area (Å²) in [7, 11) is 0. The van der Waals surface area contributed by atoms with E-state index in [0.29, 0.717) is 11.3 Å². The predicted molar refractivity (Wildman–Crippen MR) is 59.6 cm³/mol. The van der Waals surface area contributed by atoms with Gasteiger partial charge >= 0.3 is 0 Å². The van der Waals surface area contributed by atoms with Gasteiger partial charge in [0.05, 0.1) is 0 Å². The summed E-state index contributed by atoms with van der Waals surface area (Å²) < 4.78 is 0. The first-order valence-corrected chi connectivity index (χ1v) is 4.96. The van der Waals surface area contributed by atoms with Crippen molar-refractivity contribution >= 4 is 11.5 Å². The van der Waals surface area contributed by atoms with Crippen molar-refractivity contribution in [3.8, 4) is 0 Å². The summed E-state index contributed by atoms with van der Waals surface area (Å²) in [6, 6.07) is 3.82. The first kappa shape index (κ1) is 10.8. The molecule has 2 heteroatoms. The maximum atomic E-state index is 11.2. The lowest BCUT2D eigenvalue weighted by Gasteiger charge is -2.09. The van der Waals surface area contributed by atoms with E-state index in [-0.39, 0.29) is 5.78 Å². The molecule has 0 fully saturated rings. The lowest BCUT2D eigenvalue weighted by molar-refractivity contribution is 0.101. The standard InChI is InChI=1S/C12H17NO/c1-4-5-10-7-12(13)11(9(3)14)6-8(10)2/h6-7H,4-5,13H2,1-3H3. The lowest BCUT2D eigenvalue weighted by Crippen LogP contribution is -2.02. The van der Waals surface area contributed by atoms with Crippen molar-refractivity contribution in [3.63, 3.8) is 0 Å². The third kappa shape index (κ3) is 2.13. The van der Waals surface area contributed by atoms with Crippen LogP contribution in [0.2, 0.25) is 0 Å². The van der Waals surface area contributed by atoms with Gasteiger partial charge in [0.15, 0.2) is 5.78 Å². The van der Waals surface area contributed by atoms with Crippen molar-refractivity contribution in [1.29, 1.82) is 0 Å². The third-order valence-corrected chi connectivity index (χ3v) is 2.41. The summed E-state index contributed by atoms with van der Waals surface area (Å²) in [5.41, 5.74) is 9.45. The molecule has 0 spiro atoms. The Morgan fingerprint density at radius 3 is 2.57 bits per heavy atom. The molecule has 0 unspecified atom stereocenters. The molecule has 0 saturated heterocycles. The molecule has 14 heavy (non-hydrogen) atoms. The van der Waals surface area contributed by atoms with E-state index in [9.17, 15) is 4.79 Å². The lowest BCUT2D eigenvalue weighted by atomic mass is 9.98. The van der Waals surface area contributed by atoms with Gasteiger partial charge in [0, 0.05) is 11.3 Å². The molecule has 1 aromatic carbocycles. The Hall–Kier alpha value is -1.31. The minimum absolute atomic E-state index is 0.0358. The topological polar surface area (TPSA) is 43.1 Å². The fourth-order valence-corrected chi connectivity index (χ4v) is 1.62. The Balaban J connectivity index is 3.17. The van der Waals surface area contributed by atoms with E-state index < -0.39 is 0 Å². The quantitative estimate of drug-likeness (QED) is 0.589. The largest absolute Gasteiger partial charge is 0.398 e. The van der Waals surface area contributed by atoms with Gasteiger partial charge in [0.1, 0.15) is 0 Å². The Kier molecular flexibility index (Phi) is 3.28. The van der Waals surface area contributed by atoms with Crippen molar-refractivity contribution in [2.75, 3.05) is 5.73 Å². The third-order valence-electron chi connectivity index (χ3n) is 2.41. The summed E-state index contributed by atoms with van der Waals surface area (Å²) in [6.07, 6.45) is 2.12. The molecule has 2 nitrogen and oxygen atoms in total. The smallest absolute Gasteiger partial charge is 0.161 e. The molecule has 0 aliphatic rings. The van der Waals surface area contributed by atoms with Crippen LogP contribution in [0.3, 0.4) is 0 Å². The number of rotatable bonds is 3. The van der Waals surface area contributed by atoms with Crippen molar-refractivity contribution < 1.29 is 4.79 Å². The van der Waals surface area contributed by atoms with Gasteiger partial charge in [-0.25, -0.2) is 0 Å². The Morgan fingerprint density at radius 1 is 1.43 bits per heavy atom. The molecule has 1 aromatic rings. The number of nitrogen functional groups attached to an aromatic ring is 1. The van der Waals surface area contributed by atoms with E-state index in [0.717, 1.165) is 18.4 Å². The number of carbonyl (C=O) groups excluding carboxylic acids is 1. The fraction of sp³-hybridized carbons (Fsp3) is 0.417. The van der Waals surface area contributed by atoms with Gasteiger partial charge in [0.2, 0.25) is 0 Å². The van der Waals surface area contributed by atoms with Gasteiger partial charge in [-0.3, -0.25) is 4.79 Å². The van der Waals surface area contributed by atoms with Crippen LogP contribution in [0.5, 0.6) is 0 Å². The zero-order valence-corrected chi connectivity index (χ0v) is 9.05. The minimum Gasteiger partial charge on any atom is -0.398 e. The summed E-state index contributed by atoms with van der Waals surface area (Å²) in [5.74, 6) is 0.0358. The normalized spacial score (nSPS) is 10.2. The molecule has 0 atom stereocenters. The number of aryl methyl sites for hydroxylation is 2. The van der Waals surface area contributed by atoms with E-state index in [2.05, 4.69) is 6.92 Å². The number of Topliss-reactive ketones (excluding diaryl/α,β-unsaturated/α-hetero) is 1. The molecule has 0 aliphatic heterocycles. The summed E-state index contributed by atoms with van der Waals surface area (Å²) in [4.78, 5) is 11.2. The summed E-state index contributed by atoms with van der Waals surface area (Å²) >= 11 is 0. The average Bonchev–Trinajstić information content (AvgIpc) is 2.10. The predicted octanol–water partition coefficient (Wildman–Crippen LogP) is 2.73. The molecule has 0 aromatic heterocycles. The second kappa shape index (κ2) is 4.27. The minimum atomic E-state index is 0.0358.